The molecule has 1 atom stereocenters. The molecule has 2 rings (SSSR count). The molecular formula is C17H25N3O3S. The third kappa shape index (κ3) is 6.13. The number of aryl methyl sites for hydroxylation is 1. The van der Waals surface area contributed by atoms with Gasteiger partial charge in [-0.05, 0) is 37.4 Å². The number of nitrogens with zero attached hydrogens (tertiary/aromatic N) is 2. The first kappa shape index (κ1) is 18.7. The van der Waals surface area contributed by atoms with Crippen LogP contribution in [0.15, 0.2) is 24.0 Å². The average Bonchev–Trinajstić information content (AvgIpc) is 3.00. The first-order chi connectivity index (χ1) is 11.6. The van der Waals surface area contributed by atoms with Crippen LogP contribution in [-0.2, 0) is 27.3 Å². The monoisotopic (exact) mass is 351 g/mol. The number of carbonyl (C=O) groups excluding carboxylic acids is 2. The van der Waals surface area contributed by atoms with E-state index in [2.05, 4.69) is 16.5 Å². The van der Waals surface area contributed by atoms with Crippen molar-refractivity contribution in [2.45, 2.75) is 44.9 Å². The van der Waals surface area contributed by atoms with Gasteiger partial charge in [-0.3, -0.25) is 14.3 Å². The molecule has 1 aliphatic heterocycles. The molecule has 1 aliphatic rings. The van der Waals surface area contributed by atoms with E-state index in [4.69, 9.17) is 4.74 Å². The number of nitrogens with one attached hydrogen (secondary N) is 1. The number of thioether (sulfide) groups is 1. The van der Waals surface area contributed by atoms with Crippen LogP contribution in [-0.4, -0.2) is 45.8 Å². The van der Waals surface area contributed by atoms with Crippen molar-refractivity contribution in [2.24, 2.45) is 0 Å². The Bertz CT molecular complexity index is 598. The number of hydrogen-bond donors (Lipinski definition) is 1. The third-order valence-electron chi connectivity index (χ3n) is 3.78. The van der Waals surface area contributed by atoms with Gasteiger partial charge in [-0.15, -0.1) is 0 Å². The Hall–Kier alpha value is -1.60. The average molecular weight is 351 g/mol. The van der Waals surface area contributed by atoms with Gasteiger partial charge in [0.1, 0.15) is 0 Å². The van der Waals surface area contributed by atoms with Gasteiger partial charge in [0.2, 0.25) is 0 Å². The van der Waals surface area contributed by atoms with Crippen LogP contribution in [0.5, 0.6) is 0 Å². The third-order valence-corrected chi connectivity index (χ3v) is 4.94. The van der Waals surface area contributed by atoms with Gasteiger partial charge < -0.3 is 10.1 Å². The molecule has 0 aromatic carbocycles. The fourth-order valence-corrected chi connectivity index (χ4v) is 3.60. The van der Waals surface area contributed by atoms with E-state index >= 15 is 0 Å². The maximum absolute atomic E-state index is 11.4. The number of rotatable bonds is 7. The highest BCUT2D eigenvalue weighted by molar-refractivity contribution is 8.14. The maximum atomic E-state index is 11.4. The van der Waals surface area contributed by atoms with Gasteiger partial charge in [0.15, 0.2) is 5.12 Å². The first-order valence-corrected chi connectivity index (χ1v) is 9.20. The molecule has 132 valence electrons. The van der Waals surface area contributed by atoms with E-state index in [1.54, 1.807) is 20.0 Å². The Morgan fingerprint density at radius 2 is 2.38 bits per heavy atom. The molecule has 1 fully saturated rings. The largest absolute Gasteiger partial charge is 0.466 e. The lowest BCUT2D eigenvalue weighted by atomic mass is 10.1. The highest BCUT2D eigenvalue weighted by atomic mass is 32.2. The smallest absolute Gasteiger partial charge is 0.306 e. The summed E-state index contributed by atoms with van der Waals surface area (Å²) in [7, 11) is 0. The van der Waals surface area contributed by atoms with E-state index in [0.29, 0.717) is 26.0 Å². The van der Waals surface area contributed by atoms with Crippen LogP contribution in [0, 0.1) is 0 Å². The van der Waals surface area contributed by atoms with E-state index in [1.807, 2.05) is 10.9 Å². The highest BCUT2D eigenvalue weighted by Gasteiger charge is 2.20. The summed E-state index contributed by atoms with van der Waals surface area (Å²) in [6, 6.07) is 0. The lowest BCUT2D eigenvalue weighted by Gasteiger charge is -2.25. The fourth-order valence-electron chi connectivity index (χ4n) is 2.63. The Kier molecular flexibility index (Phi) is 7.52. The van der Waals surface area contributed by atoms with Crippen LogP contribution in [0.25, 0.3) is 0 Å². The van der Waals surface area contributed by atoms with Crippen molar-refractivity contribution in [3.63, 3.8) is 0 Å². The molecule has 24 heavy (non-hydrogen) atoms. The molecule has 0 amide bonds. The number of hydrogen-bond acceptors (Lipinski definition) is 6. The molecular weight excluding hydrogens is 326 g/mol. The van der Waals surface area contributed by atoms with Crippen LogP contribution in [0.4, 0.5) is 0 Å². The second-order valence-electron chi connectivity index (χ2n) is 5.72. The van der Waals surface area contributed by atoms with Crippen molar-refractivity contribution in [2.75, 3.05) is 19.7 Å². The molecule has 1 aromatic heterocycles. The predicted octanol–water partition coefficient (Wildman–Crippen LogP) is 1.95. The summed E-state index contributed by atoms with van der Waals surface area (Å²) in [4.78, 5) is 22.8. The zero-order chi connectivity index (χ0) is 17.4. The SMILES string of the molecule is CCOC(=O)CCc1cnn(CC=C2CNCCC2SC(C)=O)c1. The van der Waals surface area contributed by atoms with Gasteiger partial charge in [-0.2, -0.15) is 5.10 Å². The minimum Gasteiger partial charge on any atom is -0.466 e. The predicted molar refractivity (Wildman–Crippen MR) is 94.8 cm³/mol. The van der Waals surface area contributed by atoms with E-state index in [-0.39, 0.29) is 16.3 Å². The number of allylic oxidation sites excluding steroid dienone is 1. The Labute approximate surface area is 147 Å². The summed E-state index contributed by atoms with van der Waals surface area (Å²) in [5.74, 6) is -0.176. The molecule has 0 radical (unpaired) electrons. The topological polar surface area (TPSA) is 73.2 Å². The van der Waals surface area contributed by atoms with Crippen LogP contribution >= 0.6 is 11.8 Å². The molecule has 2 heterocycles. The zero-order valence-electron chi connectivity index (χ0n) is 14.3. The van der Waals surface area contributed by atoms with E-state index < -0.39 is 0 Å². The summed E-state index contributed by atoms with van der Waals surface area (Å²) in [6.07, 6.45) is 7.88. The van der Waals surface area contributed by atoms with Crippen molar-refractivity contribution in [3.8, 4) is 0 Å². The van der Waals surface area contributed by atoms with Gasteiger partial charge in [0.25, 0.3) is 0 Å². The van der Waals surface area contributed by atoms with Crippen molar-refractivity contribution in [1.29, 1.82) is 0 Å². The van der Waals surface area contributed by atoms with Gasteiger partial charge >= 0.3 is 5.97 Å². The molecule has 1 unspecified atom stereocenters. The van der Waals surface area contributed by atoms with Crippen LogP contribution in [0.2, 0.25) is 0 Å². The Morgan fingerprint density at radius 1 is 1.54 bits per heavy atom. The Morgan fingerprint density at radius 3 is 3.12 bits per heavy atom. The lowest BCUT2D eigenvalue weighted by Crippen LogP contribution is -2.32. The second-order valence-corrected chi connectivity index (χ2v) is 7.10. The normalized spacial score (nSPS) is 19.4. The number of esters is 1. The van der Waals surface area contributed by atoms with Crippen LogP contribution in [0.1, 0.15) is 32.3 Å². The van der Waals surface area contributed by atoms with E-state index in [9.17, 15) is 9.59 Å². The maximum Gasteiger partial charge on any atom is 0.306 e. The summed E-state index contributed by atoms with van der Waals surface area (Å²) >= 11 is 1.41. The molecule has 0 saturated carbocycles. The molecule has 7 heteroatoms. The van der Waals surface area contributed by atoms with Crippen molar-refractivity contribution in [1.82, 2.24) is 15.1 Å². The summed E-state index contributed by atoms with van der Waals surface area (Å²) in [5.41, 5.74) is 2.28. The number of ether oxygens (including phenoxy) is 1. The molecule has 1 N–H and O–H groups in total. The molecule has 1 aromatic rings. The second kappa shape index (κ2) is 9.64. The van der Waals surface area contributed by atoms with E-state index in [1.165, 1.54) is 17.3 Å². The highest BCUT2D eigenvalue weighted by Crippen LogP contribution is 2.25. The van der Waals surface area contributed by atoms with Crippen molar-refractivity contribution < 1.29 is 14.3 Å². The van der Waals surface area contributed by atoms with Gasteiger partial charge in [-0.1, -0.05) is 17.8 Å². The summed E-state index contributed by atoms with van der Waals surface area (Å²) in [5, 5.41) is 8.11. The standard InChI is InChI=1S/C17H25N3O3S/c1-3-23-17(22)5-4-14-10-19-20(12-14)9-7-15-11-18-8-6-16(15)24-13(2)21/h7,10,12,16,18H,3-6,8-9,11H2,1-2H3. The first-order valence-electron chi connectivity index (χ1n) is 8.32. The number of aromatic nitrogens is 2. The fraction of sp³-hybridized carbons (Fsp3) is 0.588. The van der Waals surface area contributed by atoms with Gasteiger partial charge in [-0.25, -0.2) is 0 Å². The number of piperidine rings is 1. The summed E-state index contributed by atoms with van der Waals surface area (Å²) < 4.78 is 6.79. The minimum absolute atomic E-state index is 0.160. The quantitative estimate of drug-likeness (QED) is 0.598. The van der Waals surface area contributed by atoms with Crippen molar-refractivity contribution in [3.05, 3.63) is 29.6 Å². The van der Waals surface area contributed by atoms with Crippen molar-refractivity contribution >= 4 is 22.8 Å². The molecule has 6 nitrogen and oxygen atoms in total. The molecule has 0 aliphatic carbocycles. The molecule has 0 spiro atoms. The van der Waals surface area contributed by atoms with E-state index in [0.717, 1.165) is 25.1 Å². The Balaban J connectivity index is 1.88. The van der Waals surface area contributed by atoms with Gasteiger partial charge in [0, 0.05) is 31.3 Å². The van der Waals surface area contributed by atoms with Gasteiger partial charge in [0.05, 0.1) is 19.3 Å². The summed E-state index contributed by atoms with van der Waals surface area (Å²) in [6.45, 7) is 6.28. The number of carbonyl (C=O) groups is 2. The minimum atomic E-state index is -0.176. The molecule has 1 saturated heterocycles. The molecule has 0 bridgehead atoms. The van der Waals surface area contributed by atoms with Crippen LogP contribution < -0.4 is 5.32 Å². The zero-order valence-corrected chi connectivity index (χ0v) is 15.1. The lowest BCUT2D eigenvalue weighted by molar-refractivity contribution is -0.143. The van der Waals surface area contributed by atoms with Crippen LogP contribution in [0.3, 0.4) is 0 Å².